The SMILES string of the molecule is CN(C)Sc1ccc(O)cc1. The fraction of sp³-hybridized carbons (Fsp3) is 0.250. The van der Waals surface area contributed by atoms with Crippen LogP contribution in [0.1, 0.15) is 0 Å². The molecule has 0 saturated heterocycles. The van der Waals surface area contributed by atoms with Gasteiger partial charge in [-0.05, 0) is 50.3 Å². The summed E-state index contributed by atoms with van der Waals surface area (Å²) in [7, 11) is 3.97. The zero-order valence-electron chi connectivity index (χ0n) is 6.61. The highest BCUT2D eigenvalue weighted by Crippen LogP contribution is 2.21. The van der Waals surface area contributed by atoms with Crippen LogP contribution in [-0.2, 0) is 0 Å². The second-order valence-corrected chi connectivity index (χ2v) is 3.78. The lowest BCUT2D eigenvalue weighted by Gasteiger charge is -2.07. The van der Waals surface area contributed by atoms with Gasteiger partial charge in [-0.15, -0.1) is 0 Å². The standard InChI is InChI=1S/C8H11NOS/c1-9(2)11-8-5-3-7(10)4-6-8/h3-6,10H,1-2H3. The predicted octanol–water partition coefficient (Wildman–Crippen LogP) is 1.96. The van der Waals surface area contributed by atoms with E-state index in [1.54, 1.807) is 24.1 Å². The van der Waals surface area contributed by atoms with Crippen LogP contribution in [0.15, 0.2) is 29.2 Å². The van der Waals surface area contributed by atoms with E-state index in [9.17, 15) is 0 Å². The van der Waals surface area contributed by atoms with Crippen molar-refractivity contribution in [3.63, 3.8) is 0 Å². The number of hydrogen-bond donors (Lipinski definition) is 1. The maximum atomic E-state index is 8.97. The summed E-state index contributed by atoms with van der Waals surface area (Å²) >= 11 is 1.63. The summed E-state index contributed by atoms with van der Waals surface area (Å²) in [4.78, 5) is 1.13. The molecule has 2 nitrogen and oxygen atoms in total. The summed E-state index contributed by atoms with van der Waals surface area (Å²) in [5, 5.41) is 8.97. The molecule has 0 aliphatic carbocycles. The molecule has 0 aromatic heterocycles. The van der Waals surface area contributed by atoms with Crippen molar-refractivity contribution in [3.8, 4) is 5.75 Å². The Morgan fingerprint density at radius 2 is 1.73 bits per heavy atom. The maximum absolute atomic E-state index is 8.97. The van der Waals surface area contributed by atoms with Gasteiger partial charge in [0.15, 0.2) is 0 Å². The van der Waals surface area contributed by atoms with Crippen LogP contribution in [0.3, 0.4) is 0 Å². The first-order valence-corrected chi connectivity index (χ1v) is 4.10. The van der Waals surface area contributed by atoms with E-state index in [0.29, 0.717) is 5.75 Å². The average molecular weight is 169 g/mol. The van der Waals surface area contributed by atoms with Gasteiger partial charge in [0.25, 0.3) is 0 Å². The van der Waals surface area contributed by atoms with Crippen LogP contribution in [0.2, 0.25) is 0 Å². The minimum Gasteiger partial charge on any atom is -0.508 e. The first kappa shape index (κ1) is 8.43. The number of benzene rings is 1. The molecule has 0 saturated carbocycles. The summed E-state index contributed by atoms with van der Waals surface area (Å²) in [6.45, 7) is 0. The first-order valence-electron chi connectivity index (χ1n) is 3.33. The summed E-state index contributed by atoms with van der Waals surface area (Å²) in [6, 6.07) is 7.15. The van der Waals surface area contributed by atoms with E-state index >= 15 is 0 Å². The minimum absolute atomic E-state index is 0.313. The smallest absolute Gasteiger partial charge is 0.115 e. The van der Waals surface area contributed by atoms with Crippen molar-refractivity contribution in [2.75, 3.05) is 14.1 Å². The van der Waals surface area contributed by atoms with E-state index in [1.807, 2.05) is 30.5 Å². The van der Waals surface area contributed by atoms with Gasteiger partial charge in [0.2, 0.25) is 0 Å². The summed E-state index contributed by atoms with van der Waals surface area (Å²) < 4.78 is 2.01. The zero-order chi connectivity index (χ0) is 8.27. The maximum Gasteiger partial charge on any atom is 0.115 e. The second-order valence-electron chi connectivity index (χ2n) is 2.40. The highest BCUT2D eigenvalue weighted by Gasteiger charge is 1.94. The van der Waals surface area contributed by atoms with Crippen LogP contribution in [0.25, 0.3) is 0 Å². The van der Waals surface area contributed by atoms with Crippen LogP contribution in [0.4, 0.5) is 0 Å². The van der Waals surface area contributed by atoms with E-state index < -0.39 is 0 Å². The lowest BCUT2D eigenvalue weighted by molar-refractivity contribution is 0.475. The van der Waals surface area contributed by atoms with Crippen molar-refractivity contribution in [1.29, 1.82) is 0 Å². The van der Waals surface area contributed by atoms with Crippen molar-refractivity contribution in [2.45, 2.75) is 4.90 Å². The van der Waals surface area contributed by atoms with Gasteiger partial charge >= 0.3 is 0 Å². The average Bonchev–Trinajstić information content (AvgIpc) is 1.93. The Kier molecular flexibility index (Phi) is 2.79. The van der Waals surface area contributed by atoms with Crippen molar-refractivity contribution < 1.29 is 5.11 Å². The molecule has 1 aromatic carbocycles. The largest absolute Gasteiger partial charge is 0.508 e. The second kappa shape index (κ2) is 3.64. The number of aromatic hydroxyl groups is 1. The quantitative estimate of drug-likeness (QED) is 0.685. The van der Waals surface area contributed by atoms with Crippen LogP contribution in [0.5, 0.6) is 5.75 Å². The van der Waals surface area contributed by atoms with Gasteiger partial charge in [-0.2, -0.15) is 0 Å². The third-order valence-electron chi connectivity index (χ3n) is 1.12. The normalized spacial score (nSPS) is 10.5. The molecule has 0 spiro atoms. The molecule has 60 valence electrons. The molecular formula is C8H11NOS. The van der Waals surface area contributed by atoms with Crippen LogP contribution < -0.4 is 0 Å². The Balaban J connectivity index is 2.66. The van der Waals surface area contributed by atoms with E-state index in [4.69, 9.17) is 5.11 Å². The minimum atomic E-state index is 0.313. The fourth-order valence-corrected chi connectivity index (χ4v) is 1.40. The van der Waals surface area contributed by atoms with Gasteiger partial charge in [-0.25, -0.2) is 0 Å². The fourth-order valence-electron chi connectivity index (χ4n) is 0.718. The molecule has 0 aliphatic heterocycles. The number of rotatable bonds is 2. The summed E-state index contributed by atoms with van der Waals surface area (Å²) in [5.41, 5.74) is 0. The molecule has 0 aliphatic rings. The van der Waals surface area contributed by atoms with Gasteiger partial charge in [-0.1, -0.05) is 0 Å². The van der Waals surface area contributed by atoms with E-state index in [1.165, 1.54) is 0 Å². The molecule has 0 radical (unpaired) electrons. The molecule has 0 unspecified atom stereocenters. The lowest BCUT2D eigenvalue weighted by Crippen LogP contribution is -1.97. The van der Waals surface area contributed by atoms with Gasteiger partial charge < -0.3 is 5.11 Å². The van der Waals surface area contributed by atoms with Gasteiger partial charge in [0.05, 0.1) is 0 Å². The molecular weight excluding hydrogens is 158 g/mol. The van der Waals surface area contributed by atoms with Crippen molar-refractivity contribution in [1.82, 2.24) is 4.31 Å². The molecule has 0 atom stereocenters. The molecule has 11 heavy (non-hydrogen) atoms. The Labute approximate surface area is 71.0 Å². The number of phenols is 1. The van der Waals surface area contributed by atoms with Crippen LogP contribution >= 0.6 is 11.9 Å². The molecule has 1 rings (SSSR count). The van der Waals surface area contributed by atoms with Crippen molar-refractivity contribution in [2.24, 2.45) is 0 Å². The molecule has 1 N–H and O–H groups in total. The predicted molar refractivity (Wildman–Crippen MR) is 47.7 cm³/mol. The van der Waals surface area contributed by atoms with Gasteiger partial charge in [0, 0.05) is 4.90 Å². The van der Waals surface area contributed by atoms with Gasteiger partial charge in [-0.3, -0.25) is 4.31 Å². The molecule has 1 aromatic rings. The Morgan fingerprint density at radius 1 is 1.18 bits per heavy atom. The number of nitrogens with zero attached hydrogens (tertiary/aromatic N) is 1. The third kappa shape index (κ3) is 2.82. The molecule has 0 bridgehead atoms. The molecule has 0 heterocycles. The highest BCUT2D eigenvalue weighted by molar-refractivity contribution is 7.97. The van der Waals surface area contributed by atoms with Crippen LogP contribution in [0, 0.1) is 0 Å². The molecule has 3 heteroatoms. The van der Waals surface area contributed by atoms with Gasteiger partial charge in [0.1, 0.15) is 5.75 Å². The van der Waals surface area contributed by atoms with Crippen molar-refractivity contribution >= 4 is 11.9 Å². The van der Waals surface area contributed by atoms with E-state index in [2.05, 4.69) is 0 Å². The molecule has 0 fully saturated rings. The summed E-state index contributed by atoms with van der Waals surface area (Å²) in [6.07, 6.45) is 0. The number of phenolic OH excluding ortho intramolecular Hbond substituents is 1. The summed E-state index contributed by atoms with van der Waals surface area (Å²) in [5.74, 6) is 0.313. The Morgan fingerprint density at radius 3 is 2.18 bits per heavy atom. The topological polar surface area (TPSA) is 23.5 Å². The number of hydrogen-bond acceptors (Lipinski definition) is 3. The van der Waals surface area contributed by atoms with Crippen molar-refractivity contribution in [3.05, 3.63) is 24.3 Å². The van der Waals surface area contributed by atoms with Crippen LogP contribution in [-0.4, -0.2) is 23.5 Å². The monoisotopic (exact) mass is 169 g/mol. The van der Waals surface area contributed by atoms with E-state index in [0.717, 1.165) is 4.90 Å². The Bertz CT molecular complexity index is 220. The highest BCUT2D eigenvalue weighted by atomic mass is 32.2. The third-order valence-corrected chi connectivity index (χ3v) is 1.97. The Hall–Kier alpha value is -0.670. The van der Waals surface area contributed by atoms with E-state index in [-0.39, 0.29) is 0 Å². The lowest BCUT2D eigenvalue weighted by atomic mass is 10.3. The zero-order valence-corrected chi connectivity index (χ0v) is 7.43. The molecule has 0 amide bonds. The first-order chi connectivity index (χ1) is 5.18.